The van der Waals surface area contributed by atoms with Gasteiger partial charge in [0.2, 0.25) is 5.91 Å². The lowest BCUT2D eigenvalue weighted by molar-refractivity contribution is -0.122. The molecule has 146 valence electrons. The second kappa shape index (κ2) is 9.46. The van der Waals surface area contributed by atoms with Crippen LogP contribution in [0.4, 0.5) is 5.69 Å². The average molecular weight is 362 g/mol. The molecule has 26 heavy (non-hydrogen) atoms. The molecule has 0 aliphatic carbocycles. The third kappa shape index (κ3) is 7.33. The Hall–Kier alpha value is -2.24. The quantitative estimate of drug-likeness (QED) is 0.603. The van der Waals surface area contributed by atoms with Crippen LogP contribution >= 0.6 is 0 Å². The predicted molar refractivity (Wildman–Crippen MR) is 111 cm³/mol. The van der Waals surface area contributed by atoms with Crippen molar-refractivity contribution >= 4 is 17.6 Å². The first-order valence-electron chi connectivity index (χ1n) is 9.10. The van der Waals surface area contributed by atoms with E-state index in [0.717, 1.165) is 12.5 Å². The standard InChI is InChI=1S/C20H35N5O/c1-9-21-19(25(8)14-18(26)23-20(3,4)5)22-13-16-10-11-17(24(6)7)12-15(16)2/h10-12H,9,13-14H2,1-8H3,(H,21,22)(H,23,26). The van der Waals surface area contributed by atoms with Crippen LogP contribution in [0.2, 0.25) is 0 Å². The Balaban J connectivity index is 2.84. The zero-order valence-corrected chi connectivity index (χ0v) is 17.6. The molecular weight excluding hydrogens is 326 g/mol. The minimum Gasteiger partial charge on any atom is -0.378 e. The summed E-state index contributed by atoms with van der Waals surface area (Å²) in [5.74, 6) is 0.713. The zero-order chi connectivity index (χ0) is 19.9. The summed E-state index contributed by atoms with van der Waals surface area (Å²) in [6.45, 7) is 11.7. The molecule has 0 heterocycles. The Bertz CT molecular complexity index is 632. The molecule has 0 radical (unpaired) electrons. The molecule has 0 atom stereocenters. The number of hydrogen-bond donors (Lipinski definition) is 2. The number of benzene rings is 1. The Morgan fingerprint density at radius 1 is 1.19 bits per heavy atom. The molecule has 0 aromatic heterocycles. The van der Waals surface area contributed by atoms with Gasteiger partial charge in [0.15, 0.2) is 5.96 Å². The van der Waals surface area contributed by atoms with Gasteiger partial charge in [-0.15, -0.1) is 0 Å². The number of nitrogens with zero attached hydrogens (tertiary/aromatic N) is 3. The summed E-state index contributed by atoms with van der Waals surface area (Å²) < 4.78 is 0. The van der Waals surface area contributed by atoms with E-state index in [-0.39, 0.29) is 18.0 Å². The van der Waals surface area contributed by atoms with E-state index in [0.29, 0.717) is 6.54 Å². The first kappa shape index (κ1) is 21.8. The predicted octanol–water partition coefficient (Wildman–Crippen LogP) is 2.37. The Kier molecular flexibility index (Phi) is 7.93. The number of aliphatic imine (C=N–C) groups is 1. The second-order valence-electron chi connectivity index (χ2n) is 7.83. The zero-order valence-electron chi connectivity index (χ0n) is 17.6. The highest BCUT2D eigenvalue weighted by atomic mass is 16.2. The van der Waals surface area contributed by atoms with Gasteiger partial charge in [0.1, 0.15) is 0 Å². The van der Waals surface area contributed by atoms with E-state index < -0.39 is 0 Å². The van der Waals surface area contributed by atoms with Gasteiger partial charge in [-0.05, 0) is 57.9 Å². The maximum atomic E-state index is 12.2. The van der Waals surface area contributed by atoms with Crippen molar-refractivity contribution in [3.05, 3.63) is 29.3 Å². The lowest BCUT2D eigenvalue weighted by Crippen LogP contribution is -2.48. The molecule has 0 aliphatic heterocycles. The van der Waals surface area contributed by atoms with Crippen LogP contribution in [0.15, 0.2) is 23.2 Å². The number of guanidine groups is 1. The molecule has 1 amide bonds. The Morgan fingerprint density at radius 2 is 1.85 bits per heavy atom. The highest BCUT2D eigenvalue weighted by Crippen LogP contribution is 2.18. The number of likely N-dealkylation sites (N-methyl/N-ethyl adjacent to an activating group) is 1. The van der Waals surface area contributed by atoms with Crippen molar-refractivity contribution < 1.29 is 4.79 Å². The molecule has 0 unspecified atom stereocenters. The highest BCUT2D eigenvalue weighted by Gasteiger charge is 2.16. The summed E-state index contributed by atoms with van der Waals surface area (Å²) in [4.78, 5) is 20.8. The number of carbonyl (C=O) groups is 1. The van der Waals surface area contributed by atoms with Crippen LogP contribution in [-0.4, -0.2) is 56.5 Å². The van der Waals surface area contributed by atoms with Crippen LogP contribution in [0.1, 0.15) is 38.8 Å². The number of nitrogens with one attached hydrogen (secondary N) is 2. The van der Waals surface area contributed by atoms with Gasteiger partial charge in [-0.1, -0.05) is 6.07 Å². The molecular formula is C20H35N5O. The fourth-order valence-electron chi connectivity index (χ4n) is 2.51. The average Bonchev–Trinajstić information content (AvgIpc) is 2.50. The molecule has 0 bridgehead atoms. The number of aryl methyl sites for hydroxylation is 1. The molecule has 6 nitrogen and oxygen atoms in total. The number of amides is 1. The number of rotatable bonds is 6. The van der Waals surface area contributed by atoms with Gasteiger partial charge in [-0.2, -0.15) is 0 Å². The normalized spacial score (nSPS) is 11.9. The fraction of sp³-hybridized carbons (Fsp3) is 0.600. The molecule has 1 aromatic rings. The van der Waals surface area contributed by atoms with Gasteiger partial charge in [0, 0.05) is 38.9 Å². The van der Waals surface area contributed by atoms with Crippen LogP contribution in [-0.2, 0) is 11.3 Å². The van der Waals surface area contributed by atoms with Crippen molar-refractivity contribution in [2.24, 2.45) is 4.99 Å². The fourth-order valence-corrected chi connectivity index (χ4v) is 2.51. The van der Waals surface area contributed by atoms with Crippen LogP contribution < -0.4 is 15.5 Å². The summed E-state index contributed by atoms with van der Waals surface area (Å²) in [6.07, 6.45) is 0. The lowest BCUT2D eigenvalue weighted by Gasteiger charge is -2.25. The molecule has 0 saturated carbocycles. The molecule has 1 aromatic carbocycles. The van der Waals surface area contributed by atoms with Gasteiger partial charge < -0.3 is 20.4 Å². The minimum absolute atomic E-state index is 0.0166. The SMILES string of the molecule is CCNC(=NCc1ccc(N(C)C)cc1C)N(C)CC(=O)NC(C)(C)C. The molecule has 0 fully saturated rings. The minimum atomic E-state index is -0.237. The first-order chi connectivity index (χ1) is 12.0. The van der Waals surface area contributed by atoms with Gasteiger partial charge in [0.05, 0.1) is 13.1 Å². The lowest BCUT2D eigenvalue weighted by atomic mass is 10.1. The van der Waals surface area contributed by atoms with Crippen LogP contribution in [0.3, 0.4) is 0 Å². The molecule has 1 rings (SSSR count). The van der Waals surface area contributed by atoms with E-state index in [1.807, 2.05) is 53.7 Å². The van der Waals surface area contributed by atoms with Gasteiger partial charge in [0.25, 0.3) is 0 Å². The van der Waals surface area contributed by atoms with Crippen molar-refractivity contribution in [1.29, 1.82) is 0 Å². The van der Waals surface area contributed by atoms with Crippen molar-refractivity contribution in [3.8, 4) is 0 Å². The summed E-state index contributed by atoms with van der Waals surface area (Å²) in [7, 11) is 5.95. The summed E-state index contributed by atoms with van der Waals surface area (Å²) >= 11 is 0. The van der Waals surface area contributed by atoms with E-state index >= 15 is 0 Å². The maximum absolute atomic E-state index is 12.2. The summed E-state index contributed by atoms with van der Waals surface area (Å²) in [6, 6.07) is 6.38. The molecule has 0 aliphatic rings. The molecule has 0 saturated heterocycles. The van der Waals surface area contributed by atoms with Crippen molar-refractivity contribution in [3.63, 3.8) is 0 Å². The Labute approximate surface area is 158 Å². The van der Waals surface area contributed by atoms with Crippen LogP contribution in [0.5, 0.6) is 0 Å². The smallest absolute Gasteiger partial charge is 0.240 e. The highest BCUT2D eigenvalue weighted by molar-refractivity contribution is 5.86. The third-order valence-corrected chi connectivity index (χ3v) is 3.83. The van der Waals surface area contributed by atoms with E-state index in [9.17, 15) is 4.79 Å². The van der Waals surface area contributed by atoms with Crippen molar-refractivity contribution in [2.75, 3.05) is 39.1 Å². The molecule has 0 spiro atoms. The molecule has 6 heteroatoms. The third-order valence-electron chi connectivity index (χ3n) is 3.83. The molecule has 2 N–H and O–H groups in total. The largest absolute Gasteiger partial charge is 0.378 e. The van der Waals surface area contributed by atoms with Gasteiger partial charge in [-0.3, -0.25) is 4.79 Å². The second-order valence-corrected chi connectivity index (χ2v) is 7.83. The topological polar surface area (TPSA) is 60.0 Å². The van der Waals surface area contributed by atoms with Crippen LogP contribution in [0.25, 0.3) is 0 Å². The van der Waals surface area contributed by atoms with Crippen molar-refractivity contribution in [2.45, 2.75) is 46.7 Å². The summed E-state index contributed by atoms with van der Waals surface area (Å²) in [5, 5.41) is 6.24. The Morgan fingerprint density at radius 3 is 2.35 bits per heavy atom. The van der Waals surface area contributed by atoms with Gasteiger partial charge in [-0.25, -0.2) is 4.99 Å². The van der Waals surface area contributed by atoms with E-state index in [1.54, 1.807) is 0 Å². The maximum Gasteiger partial charge on any atom is 0.240 e. The van der Waals surface area contributed by atoms with Crippen molar-refractivity contribution in [1.82, 2.24) is 15.5 Å². The van der Waals surface area contributed by atoms with Gasteiger partial charge >= 0.3 is 0 Å². The first-order valence-corrected chi connectivity index (χ1v) is 9.10. The summed E-state index contributed by atoms with van der Waals surface area (Å²) in [5.41, 5.74) is 3.33. The number of anilines is 1. The van der Waals surface area contributed by atoms with E-state index in [4.69, 9.17) is 4.99 Å². The number of hydrogen-bond acceptors (Lipinski definition) is 3. The monoisotopic (exact) mass is 361 g/mol. The van der Waals surface area contributed by atoms with E-state index in [2.05, 4.69) is 40.7 Å². The van der Waals surface area contributed by atoms with Crippen LogP contribution in [0, 0.1) is 6.92 Å². The van der Waals surface area contributed by atoms with E-state index in [1.165, 1.54) is 16.8 Å². The number of carbonyl (C=O) groups excluding carboxylic acids is 1.